The molecule has 0 radical (unpaired) electrons. The molecule has 92 valence electrons. The van der Waals surface area contributed by atoms with Gasteiger partial charge in [-0.15, -0.1) is 0 Å². The van der Waals surface area contributed by atoms with E-state index in [1.807, 2.05) is 6.92 Å². The van der Waals surface area contributed by atoms with Gasteiger partial charge < -0.3 is 11.1 Å². The molecule has 0 saturated carbocycles. The number of halogens is 1. The van der Waals surface area contributed by atoms with Gasteiger partial charge in [-0.1, -0.05) is 12.1 Å². The first kappa shape index (κ1) is 12.1. The molecule has 0 atom stereocenters. The third-order valence-electron chi connectivity index (χ3n) is 2.59. The minimum atomic E-state index is -0.392. The molecular weight excluding hydrogens is 231 g/mol. The first-order chi connectivity index (χ1) is 8.56. The normalized spacial score (nSPS) is 10.1. The molecule has 0 fully saturated rings. The average Bonchev–Trinajstić information content (AvgIpc) is 2.32. The number of nitrogens with two attached hydrogens (primary N) is 1. The first-order valence-corrected chi connectivity index (χ1v) is 5.49. The zero-order chi connectivity index (χ0) is 13.1. The van der Waals surface area contributed by atoms with Gasteiger partial charge in [0.2, 0.25) is 0 Å². The van der Waals surface area contributed by atoms with Gasteiger partial charge in [0.1, 0.15) is 5.82 Å². The minimum absolute atomic E-state index is 0.301. The number of hydrogen-bond donors (Lipinski definition) is 2. The maximum Gasteiger partial charge on any atom is 0.256 e. The van der Waals surface area contributed by atoms with Crippen LogP contribution in [0.1, 0.15) is 15.9 Å². The van der Waals surface area contributed by atoms with Gasteiger partial charge in [-0.05, 0) is 42.8 Å². The number of rotatable bonds is 2. The van der Waals surface area contributed by atoms with Gasteiger partial charge in [-0.3, -0.25) is 4.79 Å². The third-order valence-corrected chi connectivity index (χ3v) is 2.59. The second-order valence-electron chi connectivity index (χ2n) is 4.04. The zero-order valence-electron chi connectivity index (χ0n) is 9.91. The van der Waals surface area contributed by atoms with E-state index in [1.54, 1.807) is 24.3 Å². The average molecular weight is 244 g/mol. The van der Waals surface area contributed by atoms with E-state index in [4.69, 9.17) is 5.73 Å². The highest BCUT2D eigenvalue weighted by Crippen LogP contribution is 2.16. The van der Waals surface area contributed by atoms with Crippen molar-refractivity contribution in [3.8, 4) is 0 Å². The van der Waals surface area contributed by atoms with Crippen LogP contribution in [0.3, 0.4) is 0 Å². The molecule has 0 aliphatic carbocycles. The Kier molecular flexibility index (Phi) is 3.28. The van der Waals surface area contributed by atoms with Crippen LogP contribution in [-0.4, -0.2) is 5.91 Å². The highest BCUT2D eigenvalue weighted by atomic mass is 19.1. The topological polar surface area (TPSA) is 55.1 Å². The second-order valence-corrected chi connectivity index (χ2v) is 4.04. The van der Waals surface area contributed by atoms with Gasteiger partial charge in [-0.2, -0.15) is 0 Å². The Labute approximate surface area is 104 Å². The summed E-state index contributed by atoms with van der Waals surface area (Å²) >= 11 is 0. The fourth-order valence-corrected chi connectivity index (χ4v) is 1.65. The van der Waals surface area contributed by atoms with Crippen molar-refractivity contribution in [1.82, 2.24) is 0 Å². The molecule has 0 heterocycles. The summed E-state index contributed by atoms with van der Waals surface area (Å²) in [6.07, 6.45) is 0. The summed E-state index contributed by atoms with van der Waals surface area (Å²) < 4.78 is 13.0. The molecule has 3 N–H and O–H groups in total. The molecule has 3 nitrogen and oxygen atoms in total. The molecule has 0 saturated heterocycles. The van der Waals surface area contributed by atoms with Crippen molar-refractivity contribution >= 4 is 17.3 Å². The standard InChI is InChI=1S/C14H13FN2O/c1-9-5-6-11(16)8-13(9)14(18)17-12-4-2-3-10(15)7-12/h2-8H,16H2,1H3,(H,17,18). The summed E-state index contributed by atoms with van der Waals surface area (Å²) in [6, 6.07) is 10.9. The van der Waals surface area contributed by atoms with E-state index < -0.39 is 5.82 Å². The van der Waals surface area contributed by atoms with Crippen molar-refractivity contribution in [1.29, 1.82) is 0 Å². The molecule has 2 aromatic carbocycles. The van der Waals surface area contributed by atoms with Crippen molar-refractivity contribution in [2.45, 2.75) is 6.92 Å². The Hall–Kier alpha value is -2.36. The lowest BCUT2D eigenvalue weighted by atomic mass is 10.1. The van der Waals surface area contributed by atoms with Crippen LogP contribution in [0, 0.1) is 12.7 Å². The maximum atomic E-state index is 13.0. The molecule has 1 amide bonds. The fourth-order valence-electron chi connectivity index (χ4n) is 1.65. The quantitative estimate of drug-likeness (QED) is 0.798. The largest absolute Gasteiger partial charge is 0.399 e. The SMILES string of the molecule is Cc1ccc(N)cc1C(=O)Nc1cccc(F)c1. The number of anilines is 2. The molecule has 0 bridgehead atoms. The van der Waals surface area contributed by atoms with Crippen LogP contribution >= 0.6 is 0 Å². The van der Waals surface area contributed by atoms with Crippen molar-refractivity contribution in [2.24, 2.45) is 0 Å². The van der Waals surface area contributed by atoms with Crippen molar-refractivity contribution < 1.29 is 9.18 Å². The Morgan fingerprint density at radius 2 is 2.00 bits per heavy atom. The number of benzene rings is 2. The molecule has 18 heavy (non-hydrogen) atoms. The zero-order valence-corrected chi connectivity index (χ0v) is 9.91. The summed E-state index contributed by atoms with van der Waals surface area (Å²) in [7, 11) is 0. The van der Waals surface area contributed by atoms with Crippen LogP contribution in [0.4, 0.5) is 15.8 Å². The van der Waals surface area contributed by atoms with Crippen LogP contribution in [0.5, 0.6) is 0 Å². The van der Waals surface area contributed by atoms with Gasteiger partial charge >= 0.3 is 0 Å². The van der Waals surface area contributed by atoms with Crippen LogP contribution in [-0.2, 0) is 0 Å². The first-order valence-electron chi connectivity index (χ1n) is 5.49. The second kappa shape index (κ2) is 4.87. The summed E-state index contributed by atoms with van der Waals surface area (Å²) in [6.45, 7) is 1.82. The highest BCUT2D eigenvalue weighted by molar-refractivity contribution is 6.05. The molecular formula is C14H13FN2O. The third kappa shape index (κ3) is 2.66. The van der Waals surface area contributed by atoms with Gasteiger partial charge in [0.05, 0.1) is 0 Å². The predicted octanol–water partition coefficient (Wildman–Crippen LogP) is 2.97. The van der Waals surface area contributed by atoms with E-state index in [1.165, 1.54) is 18.2 Å². The van der Waals surface area contributed by atoms with E-state index in [9.17, 15) is 9.18 Å². The lowest BCUT2D eigenvalue weighted by molar-refractivity contribution is 0.102. The highest BCUT2D eigenvalue weighted by Gasteiger charge is 2.09. The maximum absolute atomic E-state index is 13.0. The Morgan fingerprint density at radius 3 is 2.72 bits per heavy atom. The number of nitrogen functional groups attached to an aromatic ring is 1. The molecule has 0 aliphatic rings. The van der Waals surface area contributed by atoms with Gasteiger partial charge in [0, 0.05) is 16.9 Å². The number of hydrogen-bond acceptors (Lipinski definition) is 2. The van der Waals surface area contributed by atoms with Crippen LogP contribution in [0.15, 0.2) is 42.5 Å². The predicted molar refractivity (Wildman–Crippen MR) is 69.9 cm³/mol. The lowest BCUT2D eigenvalue weighted by Gasteiger charge is -2.08. The molecule has 2 aromatic rings. The van der Waals surface area contributed by atoms with E-state index in [2.05, 4.69) is 5.32 Å². The lowest BCUT2D eigenvalue weighted by Crippen LogP contribution is -2.13. The molecule has 4 heteroatoms. The van der Waals surface area contributed by atoms with Gasteiger partial charge in [0.15, 0.2) is 0 Å². The van der Waals surface area contributed by atoms with E-state index in [0.717, 1.165) is 5.56 Å². The number of nitrogens with one attached hydrogen (secondary N) is 1. The minimum Gasteiger partial charge on any atom is -0.399 e. The number of carbonyl (C=O) groups is 1. The fraction of sp³-hybridized carbons (Fsp3) is 0.0714. The van der Waals surface area contributed by atoms with E-state index in [0.29, 0.717) is 16.9 Å². The van der Waals surface area contributed by atoms with E-state index in [-0.39, 0.29) is 5.91 Å². The summed E-state index contributed by atoms with van der Waals surface area (Å²) in [5, 5.41) is 2.63. The van der Waals surface area contributed by atoms with Gasteiger partial charge in [0.25, 0.3) is 5.91 Å². The number of amides is 1. The smallest absolute Gasteiger partial charge is 0.256 e. The van der Waals surface area contributed by atoms with Crippen LogP contribution in [0.2, 0.25) is 0 Å². The number of aryl methyl sites for hydroxylation is 1. The summed E-state index contributed by atoms with van der Waals surface area (Å²) in [4.78, 5) is 12.0. The Balaban J connectivity index is 2.24. The molecule has 2 rings (SSSR count). The van der Waals surface area contributed by atoms with E-state index >= 15 is 0 Å². The van der Waals surface area contributed by atoms with Crippen molar-refractivity contribution in [3.05, 3.63) is 59.4 Å². The Bertz CT molecular complexity index is 596. The number of carbonyl (C=O) groups excluding carboxylic acids is 1. The molecule has 0 aliphatic heterocycles. The Morgan fingerprint density at radius 1 is 1.22 bits per heavy atom. The van der Waals surface area contributed by atoms with Crippen molar-refractivity contribution in [2.75, 3.05) is 11.1 Å². The monoisotopic (exact) mass is 244 g/mol. The molecule has 0 unspecified atom stereocenters. The molecule has 0 aromatic heterocycles. The molecule has 0 spiro atoms. The summed E-state index contributed by atoms with van der Waals surface area (Å²) in [5.41, 5.74) is 7.88. The van der Waals surface area contributed by atoms with Crippen molar-refractivity contribution in [3.63, 3.8) is 0 Å². The van der Waals surface area contributed by atoms with Crippen LogP contribution < -0.4 is 11.1 Å². The summed E-state index contributed by atoms with van der Waals surface area (Å²) in [5.74, 6) is -0.692. The van der Waals surface area contributed by atoms with Crippen LogP contribution in [0.25, 0.3) is 0 Å². The van der Waals surface area contributed by atoms with Gasteiger partial charge in [-0.25, -0.2) is 4.39 Å².